The van der Waals surface area contributed by atoms with Crippen molar-refractivity contribution in [1.82, 2.24) is 15.3 Å². The molecule has 0 aliphatic carbocycles. The van der Waals surface area contributed by atoms with Crippen LogP contribution in [0.1, 0.15) is 48.2 Å². The lowest BCUT2D eigenvalue weighted by Crippen LogP contribution is -2.48. The first-order valence-corrected chi connectivity index (χ1v) is 10.4. The second kappa shape index (κ2) is 9.54. The molecule has 32 heavy (non-hydrogen) atoms. The molecule has 2 amide bonds. The van der Waals surface area contributed by atoms with Gasteiger partial charge in [-0.25, -0.2) is 9.97 Å². The lowest BCUT2D eigenvalue weighted by Gasteiger charge is -2.34. The van der Waals surface area contributed by atoms with Gasteiger partial charge >= 0.3 is 6.18 Å². The Labute approximate surface area is 184 Å². The monoisotopic (exact) mass is 449 g/mol. The maximum absolute atomic E-state index is 12.9. The van der Waals surface area contributed by atoms with Crippen LogP contribution in [0.15, 0.2) is 30.6 Å². The minimum absolute atomic E-state index is 0.193. The maximum atomic E-state index is 12.9. The van der Waals surface area contributed by atoms with E-state index in [0.717, 1.165) is 25.1 Å². The Morgan fingerprint density at radius 2 is 1.97 bits per heavy atom. The number of carbonyl (C=O) groups excluding carboxylic acids is 2. The molecule has 3 heterocycles. The zero-order chi connectivity index (χ0) is 23.5. The van der Waals surface area contributed by atoms with E-state index in [4.69, 9.17) is 0 Å². The van der Waals surface area contributed by atoms with Crippen LogP contribution in [0.2, 0.25) is 0 Å². The van der Waals surface area contributed by atoms with Crippen molar-refractivity contribution >= 4 is 23.5 Å². The van der Waals surface area contributed by atoms with Crippen molar-refractivity contribution in [3.63, 3.8) is 0 Å². The van der Waals surface area contributed by atoms with Gasteiger partial charge in [0.2, 0.25) is 5.91 Å². The molecule has 0 radical (unpaired) electrons. The van der Waals surface area contributed by atoms with Crippen molar-refractivity contribution in [2.45, 2.75) is 45.8 Å². The van der Waals surface area contributed by atoms with Crippen LogP contribution in [0, 0.1) is 12.8 Å². The molecule has 3 rings (SSSR count). The highest BCUT2D eigenvalue weighted by atomic mass is 19.4. The molecule has 1 aliphatic heterocycles. The number of pyridine rings is 2. The van der Waals surface area contributed by atoms with E-state index in [1.807, 2.05) is 4.90 Å². The Kier molecular flexibility index (Phi) is 7.00. The summed E-state index contributed by atoms with van der Waals surface area (Å²) in [5.74, 6) is 0.0595. The number of nitrogens with one attached hydrogen (secondary N) is 2. The molecule has 2 N–H and O–H groups in total. The number of nitrogens with zero attached hydrogens (tertiary/aromatic N) is 3. The number of aryl methyl sites for hydroxylation is 1. The van der Waals surface area contributed by atoms with E-state index in [9.17, 15) is 22.8 Å². The summed E-state index contributed by atoms with van der Waals surface area (Å²) in [6.07, 6.45) is -0.641. The van der Waals surface area contributed by atoms with Gasteiger partial charge in [-0.15, -0.1) is 0 Å². The van der Waals surface area contributed by atoms with Gasteiger partial charge in [-0.1, -0.05) is 13.8 Å². The van der Waals surface area contributed by atoms with Gasteiger partial charge in [-0.05, 0) is 43.5 Å². The summed E-state index contributed by atoms with van der Waals surface area (Å²) in [4.78, 5) is 34.6. The summed E-state index contributed by atoms with van der Waals surface area (Å²) in [6.45, 7) is 6.20. The van der Waals surface area contributed by atoms with Crippen LogP contribution < -0.4 is 15.5 Å². The van der Waals surface area contributed by atoms with E-state index >= 15 is 0 Å². The number of aromatic nitrogens is 2. The predicted octanol–water partition coefficient (Wildman–Crippen LogP) is 3.80. The van der Waals surface area contributed by atoms with Crippen molar-refractivity contribution in [3.8, 4) is 0 Å². The summed E-state index contributed by atoms with van der Waals surface area (Å²) in [5.41, 5.74) is 0.0187. The Hall–Kier alpha value is -3.17. The smallest absolute Gasteiger partial charge is 0.354 e. The summed E-state index contributed by atoms with van der Waals surface area (Å²) in [5, 5.41) is 5.63. The fourth-order valence-corrected chi connectivity index (χ4v) is 3.52. The normalized spacial score (nSPS) is 16.7. The van der Waals surface area contributed by atoms with E-state index in [1.165, 1.54) is 12.3 Å². The van der Waals surface area contributed by atoms with Crippen molar-refractivity contribution in [2.75, 3.05) is 23.3 Å². The molecule has 10 heteroatoms. The molecular weight excluding hydrogens is 423 g/mol. The van der Waals surface area contributed by atoms with E-state index in [0.29, 0.717) is 35.9 Å². The van der Waals surface area contributed by atoms with E-state index in [2.05, 4.69) is 20.6 Å². The molecule has 0 saturated carbocycles. The van der Waals surface area contributed by atoms with Crippen molar-refractivity contribution < 1.29 is 22.8 Å². The van der Waals surface area contributed by atoms with Gasteiger partial charge in [-0.2, -0.15) is 13.2 Å². The van der Waals surface area contributed by atoms with E-state index in [-0.39, 0.29) is 23.8 Å². The highest BCUT2D eigenvalue weighted by molar-refractivity contribution is 5.97. The van der Waals surface area contributed by atoms with Gasteiger partial charge in [0.25, 0.3) is 5.91 Å². The average Bonchev–Trinajstić information content (AvgIpc) is 2.73. The topological polar surface area (TPSA) is 87.2 Å². The molecular formula is C22H26F3N5O2. The fraction of sp³-hybridized carbons (Fsp3) is 0.455. The zero-order valence-electron chi connectivity index (χ0n) is 18.2. The fourth-order valence-electron chi connectivity index (χ4n) is 3.52. The first-order chi connectivity index (χ1) is 15.0. The molecule has 1 aliphatic rings. The number of amides is 2. The van der Waals surface area contributed by atoms with Crippen molar-refractivity contribution in [1.29, 1.82) is 0 Å². The van der Waals surface area contributed by atoms with Crippen LogP contribution in [0.25, 0.3) is 0 Å². The predicted molar refractivity (Wildman–Crippen MR) is 114 cm³/mol. The van der Waals surface area contributed by atoms with E-state index < -0.39 is 11.7 Å². The number of piperidine rings is 1. The van der Waals surface area contributed by atoms with Crippen LogP contribution in [0.4, 0.5) is 24.8 Å². The molecule has 0 spiro atoms. The zero-order valence-corrected chi connectivity index (χ0v) is 18.2. The first-order valence-electron chi connectivity index (χ1n) is 10.4. The van der Waals surface area contributed by atoms with Crippen LogP contribution in [-0.2, 0) is 11.0 Å². The Bertz CT molecular complexity index is 994. The first kappa shape index (κ1) is 23.5. The average molecular weight is 449 g/mol. The number of rotatable bonds is 5. The maximum Gasteiger partial charge on any atom is 0.417 e. The van der Waals surface area contributed by atoms with Gasteiger partial charge in [0.1, 0.15) is 11.6 Å². The van der Waals surface area contributed by atoms with E-state index in [1.54, 1.807) is 26.8 Å². The highest BCUT2D eigenvalue weighted by Crippen LogP contribution is 2.31. The molecule has 7 nitrogen and oxygen atoms in total. The Morgan fingerprint density at radius 1 is 1.22 bits per heavy atom. The van der Waals surface area contributed by atoms with Gasteiger partial charge in [0.05, 0.1) is 5.56 Å². The number of alkyl halides is 3. The van der Waals surface area contributed by atoms with Crippen LogP contribution in [0.5, 0.6) is 0 Å². The molecule has 0 bridgehead atoms. The molecule has 2 aromatic rings. The van der Waals surface area contributed by atoms with Crippen molar-refractivity contribution in [2.24, 2.45) is 5.92 Å². The van der Waals surface area contributed by atoms with Gasteiger partial charge in [-0.3, -0.25) is 9.59 Å². The number of anilines is 2. The Balaban J connectivity index is 1.66. The molecule has 0 aromatic carbocycles. The number of hydrogen-bond acceptors (Lipinski definition) is 5. The number of carbonyl (C=O) groups is 2. The second-order valence-electron chi connectivity index (χ2n) is 8.19. The lowest BCUT2D eigenvalue weighted by molar-refractivity contribution is -0.137. The molecule has 1 saturated heterocycles. The molecule has 0 unspecified atom stereocenters. The summed E-state index contributed by atoms with van der Waals surface area (Å²) in [6, 6.07) is 3.97. The molecule has 1 fully saturated rings. The third-order valence-corrected chi connectivity index (χ3v) is 5.23. The number of halogens is 3. The molecule has 172 valence electrons. The summed E-state index contributed by atoms with van der Waals surface area (Å²) >= 11 is 0. The van der Waals surface area contributed by atoms with Crippen LogP contribution >= 0.6 is 0 Å². The summed E-state index contributed by atoms with van der Waals surface area (Å²) in [7, 11) is 0. The standard InChI is InChI=1S/C22H26F3N5O2/c1-13(2)20(31)29-18-10-15(6-7-26-18)21(32)28-17-5-4-8-30(12-17)19-14(3)9-16(11-27-19)22(23,24)25/h6-7,9-11,13,17H,4-5,8,12H2,1-3H3,(H,28,32)(H,26,29,31)/t17-/m1/s1. The van der Waals surface area contributed by atoms with Gasteiger partial charge in [0, 0.05) is 43.0 Å². The van der Waals surface area contributed by atoms with Gasteiger partial charge < -0.3 is 15.5 Å². The van der Waals surface area contributed by atoms with Crippen LogP contribution in [-0.4, -0.2) is 40.9 Å². The molecule has 1 atom stereocenters. The summed E-state index contributed by atoms with van der Waals surface area (Å²) < 4.78 is 38.8. The third kappa shape index (κ3) is 5.74. The minimum Gasteiger partial charge on any atom is -0.354 e. The number of hydrogen-bond donors (Lipinski definition) is 2. The lowest BCUT2D eigenvalue weighted by atomic mass is 10.0. The second-order valence-corrected chi connectivity index (χ2v) is 8.19. The molecule has 2 aromatic heterocycles. The van der Waals surface area contributed by atoms with Crippen molar-refractivity contribution in [3.05, 3.63) is 47.3 Å². The Morgan fingerprint density at radius 3 is 2.62 bits per heavy atom. The van der Waals surface area contributed by atoms with Gasteiger partial charge in [0.15, 0.2) is 0 Å². The quantitative estimate of drug-likeness (QED) is 0.725. The SMILES string of the molecule is Cc1cc(C(F)(F)F)cnc1N1CCC[C@@H](NC(=O)c2ccnc(NC(=O)C(C)C)c2)C1. The minimum atomic E-state index is -4.44. The largest absolute Gasteiger partial charge is 0.417 e. The highest BCUT2D eigenvalue weighted by Gasteiger charge is 2.32. The third-order valence-electron chi connectivity index (χ3n) is 5.23. The van der Waals surface area contributed by atoms with Crippen LogP contribution in [0.3, 0.4) is 0 Å².